The number of furan rings is 1. The third-order valence-electron chi connectivity index (χ3n) is 3.83. The highest BCUT2D eigenvalue weighted by Gasteiger charge is 2.31. The minimum absolute atomic E-state index is 0.110. The molecule has 6 nitrogen and oxygen atoms in total. The molecule has 1 amide bonds. The number of rotatable bonds is 6. The smallest absolute Gasteiger partial charge is 0.416 e. The standard InChI is InChI=1S/C21H15F3N2O4/c22-21(23,24)16-8-4-9-17(12-16)26(25-13-15-6-2-1-3-7-15)19(27)14-30-20(28)18-10-5-11-29-18/h1-13H,14H2. The van der Waals surface area contributed by atoms with Crippen molar-refractivity contribution in [2.75, 3.05) is 11.6 Å². The molecule has 0 aliphatic rings. The van der Waals surface area contributed by atoms with Gasteiger partial charge in [0.2, 0.25) is 5.76 Å². The Balaban J connectivity index is 1.84. The number of hydrogen-bond acceptors (Lipinski definition) is 5. The van der Waals surface area contributed by atoms with Crippen LogP contribution in [0.3, 0.4) is 0 Å². The molecule has 0 aliphatic heterocycles. The first-order chi connectivity index (χ1) is 14.3. The average molecular weight is 416 g/mol. The summed E-state index contributed by atoms with van der Waals surface area (Å²) in [5.74, 6) is -1.84. The summed E-state index contributed by atoms with van der Waals surface area (Å²) in [7, 11) is 0. The number of nitrogens with zero attached hydrogens (tertiary/aromatic N) is 2. The molecule has 0 spiro atoms. The third-order valence-corrected chi connectivity index (χ3v) is 3.83. The van der Waals surface area contributed by atoms with Gasteiger partial charge in [-0.25, -0.2) is 4.79 Å². The summed E-state index contributed by atoms with van der Waals surface area (Å²) in [6, 6.07) is 15.6. The largest absolute Gasteiger partial charge is 0.457 e. The molecular formula is C21H15F3N2O4. The van der Waals surface area contributed by atoms with E-state index in [1.807, 2.05) is 0 Å². The molecule has 154 valence electrons. The van der Waals surface area contributed by atoms with Crippen LogP contribution in [0.2, 0.25) is 0 Å². The summed E-state index contributed by atoms with van der Waals surface area (Å²) in [6.07, 6.45) is -2.02. The van der Waals surface area contributed by atoms with Gasteiger partial charge >= 0.3 is 12.1 Å². The highest BCUT2D eigenvalue weighted by molar-refractivity contribution is 5.97. The maximum Gasteiger partial charge on any atom is 0.416 e. The predicted molar refractivity (Wildman–Crippen MR) is 102 cm³/mol. The zero-order chi connectivity index (χ0) is 21.6. The second kappa shape index (κ2) is 9.08. The molecule has 0 saturated heterocycles. The van der Waals surface area contributed by atoms with Crippen molar-refractivity contribution < 1.29 is 31.9 Å². The Morgan fingerprint density at radius 2 is 1.80 bits per heavy atom. The molecule has 30 heavy (non-hydrogen) atoms. The van der Waals surface area contributed by atoms with Crippen molar-refractivity contribution in [2.45, 2.75) is 6.18 Å². The van der Waals surface area contributed by atoms with Crippen LogP contribution in [-0.4, -0.2) is 24.7 Å². The summed E-state index contributed by atoms with van der Waals surface area (Å²) in [5.41, 5.74) is -0.453. The van der Waals surface area contributed by atoms with Crippen LogP contribution < -0.4 is 5.01 Å². The fourth-order valence-electron chi connectivity index (χ4n) is 2.41. The molecule has 0 radical (unpaired) electrons. The van der Waals surface area contributed by atoms with E-state index in [0.29, 0.717) is 5.56 Å². The van der Waals surface area contributed by atoms with Crippen molar-refractivity contribution in [2.24, 2.45) is 5.10 Å². The molecule has 0 N–H and O–H groups in total. The van der Waals surface area contributed by atoms with E-state index in [9.17, 15) is 22.8 Å². The predicted octanol–water partition coefficient (Wildman–Crippen LogP) is 4.52. The SMILES string of the molecule is O=C(OCC(=O)N(N=Cc1ccccc1)c1cccc(C(F)(F)F)c1)c1ccco1. The number of halogens is 3. The molecule has 3 rings (SSSR count). The van der Waals surface area contributed by atoms with Crippen LogP contribution >= 0.6 is 0 Å². The lowest BCUT2D eigenvalue weighted by Gasteiger charge is -2.18. The Kier molecular flexibility index (Phi) is 6.31. The van der Waals surface area contributed by atoms with Gasteiger partial charge in [-0.3, -0.25) is 4.79 Å². The van der Waals surface area contributed by atoms with Gasteiger partial charge in [-0.1, -0.05) is 36.4 Å². The van der Waals surface area contributed by atoms with Crippen molar-refractivity contribution in [3.63, 3.8) is 0 Å². The minimum Gasteiger partial charge on any atom is -0.457 e. The third kappa shape index (κ3) is 5.34. The van der Waals surface area contributed by atoms with E-state index in [0.717, 1.165) is 23.2 Å². The molecule has 0 fully saturated rings. The number of esters is 1. The van der Waals surface area contributed by atoms with Crippen molar-refractivity contribution in [1.29, 1.82) is 0 Å². The Morgan fingerprint density at radius 1 is 1.03 bits per heavy atom. The lowest BCUT2D eigenvalue weighted by Crippen LogP contribution is -2.31. The maximum absolute atomic E-state index is 13.1. The quantitative estimate of drug-likeness (QED) is 0.336. The number of benzene rings is 2. The van der Waals surface area contributed by atoms with Gasteiger partial charge in [0.25, 0.3) is 5.91 Å². The Hall–Kier alpha value is -3.88. The first kappa shape index (κ1) is 20.8. The number of alkyl halides is 3. The molecule has 0 aliphatic carbocycles. The fourth-order valence-corrected chi connectivity index (χ4v) is 2.41. The minimum atomic E-state index is -4.60. The van der Waals surface area contributed by atoms with E-state index in [1.165, 1.54) is 30.7 Å². The summed E-state index contributed by atoms with van der Waals surface area (Å²) in [6.45, 7) is -0.748. The normalized spacial score (nSPS) is 11.4. The van der Waals surface area contributed by atoms with Crippen molar-refractivity contribution in [3.05, 3.63) is 89.9 Å². The maximum atomic E-state index is 13.1. The molecule has 2 aromatic carbocycles. The van der Waals surface area contributed by atoms with E-state index >= 15 is 0 Å². The molecule has 0 saturated carbocycles. The number of anilines is 1. The van der Waals surface area contributed by atoms with Crippen molar-refractivity contribution in [1.82, 2.24) is 0 Å². The van der Waals surface area contributed by atoms with Crippen LogP contribution in [0.5, 0.6) is 0 Å². The van der Waals surface area contributed by atoms with Crippen LogP contribution in [0.4, 0.5) is 18.9 Å². The lowest BCUT2D eigenvalue weighted by molar-refractivity contribution is -0.137. The van der Waals surface area contributed by atoms with Crippen LogP contribution in [0.15, 0.2) is 82.5 Å². The lowest BCUT2D eigenvalue weighted by atomic mass is 10.2. The molecule has 1 aromatic heterocycles. The summed E-state index contributed by atoms with van der Waals surface area (Å²) in [4.78, 5) is 24.5. The first-order valence-electron chi connectivity index (χ1n) is 8.64. The zero-order valence-electron chi connectivity index (χ0n) is 15.4. The summed E-state index contributed by atoms with van der Waals surface area (Å²) >= 11 is 0. The topological polar surface area (TPSA) is 72.1 Å². The van der Waals surface area contributed by atoms with Crippen LogP contribution in [-0.2, 0) is 15.7 Å². The van der Waals surface area contributed by atoms with Gasteiger partial charge in [-0.15, -0.1) is 0 Å². The Bertz CT molecular complexity index is 1030. The zero-order valence-corrected chi connectivity index (χ0v) is 15.4. The molecule has 0 atom stereocenters. The first-order valence-corrected chi connectivity index (χ1v) is 8.64. The van der Waals surface area contributed by atoms with Gasteiger partial charge in [0.15, 0.2) is 6.61 Å². The Labute approximate surface area is 169 Å². The summed E-state index contributed by atoms with van der Waals surface area (Å²) < 4.78 is 49.0. The fraction of sp³-hybridized carbons (Fsp3) is 0.0952. The van der Waals surface area contributed by atoms with Crippen molar-refractivity contribution in [3.8, 4) is 0 Å². The van der Waals surface area contributed by atoms with E-state index in [4.69, 9.17) is 9.15 Å². The molecular weight excluding hydrogens is 401 g/mol. The van der Waals surface area contributed by atoms with Crippen LogP contribution in [0, 0.1) is 0 Å². The van der Waals surface area contributed by atoms with Gasteiger partial charge in [0.05, 0.1) is 23.7 Å². The number of hydrogen-bond donors (Lipinski definition) is 0. The number of hydrazone groups is 1. The number of carbonyl (C=O) groups is 2. The van der Waals surface area contributed by atoms with Gasteiger partial charge in [0.1, 0.15) is 0 Å². The molecule has 3 aromatic rings. The highest BCUT2D eigenvalue weighted by Crippen LogP contribution is 2.31. The molecule has 9 heteroatoms. The van der Waals surface area contributed by atoms with E-state index in [-0.39, 0.29) is 11.4 Å². The molecule has 0 unspecified atom stereocenters. The highest BCUT2D eigenvalue weighted by atomic mass is 19.4. The second-order valence-electron chi connectivity index (χ2n) is 5.96. The van der Waals surface area contributed by atoms with E-state index in [2.05, 4.69) is 5.10 Å². The molecule has 1 heterocycles. The van der Waals surface area contributed by atoms with Gasteiger partial charge < -0.3 is 9.15 Å². The van der Waals surface area contributed by atoms with E-state index < -0.39 is 30.2 Å². The number of ether oxygens (including phenoxy) is 1. The van der Waals surface area contributed by atoms with Gasteiger partial charge in [-0.05, 0) is 35.9 Å². The monoisotopic (exact) mass is 416 g/mol. The van der Waals surface area contributed by atoms with Gasteiger partial charge in [-0.2, -0.15) is 23.3 Å². The average Bonchev–Trinajstić information content (AvgIpc) is 3.27. The second-order valence-corrected chi connectivity index (χ2v) is 5.96. The van der Waals surface area contributed by atoms with Crippen LogP contribution in [0.25, 0.3) is 0 Å². The van der Waals surface area contributed by atoms with Crippen molar-refractivity contribution >= 4 is 23.8 Å². The van der Waals surface area contributed by atoms with Gasteiger partial charge in [0, 0.05) is 0 Å². The molecule has 0 bridgehead atoms. The Morgan fingerprint density at radius 3 is 2.47 bits per heavy atom. The number of amides is 1. The summed E-state index contributed by atoms with van der Waals surface area (Å²) in [5, 5.41) is 4.75. The van der Waals surface area contributed by atoms with E-state index in [1.54, 1.807) is 30.3 Å². The number of carbonyl (C=O) groups excluding carboxylic acids is 2. The van der Waals surface area contributed by atoms with Crippen LogP contribution in [0.1, 0.15) is 21.7 Å².